The highest BCUT2D eigenvalue weighted by Crippen LogP contribution is 2.33. The second-order valence-electron chi connectivity index (χ2n) is 5.02. The van der Waals surface area contributed by atoms with Gasteiger partial charge in [-0.15, -0.1) is 0 Å². The van der Waals surface area contributed by atoms with Crippen LogP contribution in [-0.4, -0.2) is 5.11 Å². The van der Waals surface area contributed by atoms with Crippen molar-refractivity contribution in [1.29, 1.82) is 0 Å². The number of aromatic hydroxyl groups is 1. The number of phenols is 1. The van der Waals surface area contributed by atoms with Gasteiger partial charge in [0.05, 0.1) is 0 Å². The van der Waals surface area contributed by atoms with Crippen molar-refractivity contribution in [3.63, 3.8) is 0 Å². The molecule has 0 aromatic heterocycles. The maximum absolute atomic E-state index is 9.52. The van der Waals surface area contributed by atoms with Gasteiger partial charge in [-0.3, -0.25) is 0 Å². The van der Waals surface area contributed by atoms with Crippen molar-refractivity contribution in [3.8, 4) is 5.75 Å². The number of benzene rings is 3. The Bertz CT molecular complexity index is 657. The number of aryl methyl sites for hydroxylation is 1. The molecule has 0 heterocycles. The van der Waals surface area contributed by atoms with Crippen LogP contribution < -0.4 is 15.9 Å². The summed E-state index contributed by atoms with van der Waals surface area (Å²) >= 11 is 0. The molecule has 3 rings (SSSR count). The normalized spacial score (nSPS) is 12.0. The Morgan fingerprint density at radius 2 is 1.10 bits per heavy atom. The van der Waals surface area contributed by atoms with Crippen LogP contribution in [0, 0.1) is 6.92 Å². The minimum Gasteiger partial charge on any atom is -0.508 e. The first-order chi connectivity index (χ1) is 10.2. The van der Waals surface area contributed by atoms with Crippen molar-refractivity contribution in [2.75, 3.05) is 0 Å². The molecular weight excluding hydrogens is 275 g/mol. The molecule has 1 N–H and O–H groups in total. The number of phenolic OH excluding ortho intramolecular Hbond substituents is 1. The van der Waals surface area contributed by atoms with Crippen LogP contribution in [0.4, 0.5) is 0 Å². The Balaban J connectivity index is 2.11. The quantitative estimate of drug-likeness (QED) is 0.733. The molecule has 0 bridgehead atoms. The van der Waals surface area contributed by atoms with Crippen molar-refractivity contribution in [2.24, 2.45) is 0 Å². The van der Waals surface area contributed by atoms with E-state index in [1.807, 2.05) is 18.2 Å². The smallest absolute Gasteiger partial charge is 0.115 e. The van der Waals surface area contributed by atoms with E-state index in [9.17, 15) is 5.11 Å². The van der Waals surface area contributed by atoms with Gasteiger partial charge < -0.3 is 5.11 Å². The highest BCUT2D eigenvalue weighted by molar-refractivity contribution is 7.79. The predicted molar refractivity (Wildman–Crippen MR) is 91.5 cm³/mol. The summed E-state index contributed by atoms with van der Waals surface area (Å²) in [4.78, 5) is 0. The summed E-state index contributed by atoms with van der Waals surface area (Å²) in [6.07, 6.45) is 0. The molecule has 2 heteroatoms. The third-order valence-corrected chi connectivity index (χ3v) is 5.86. The van der Waals surface area contributed by atoms with Gasteiger partial charge in [-0.05, 0) is 42.9 Å². The molecule has 0 aliphatic rings. The van der Waals surface area contributed by atoms with Crippen LogP contribution in [0.3, 0.4) is 0 Å². The zero-order valence-electron chi connectivity index (χ0n) is 11.9. The lowest BCUT2D eigenvalue weighted by atomic mass is 10.2. The molecule has 1 nitrogen and oxygen atoms in total. The molecule has 0 amide bonds. The van der Waals surface area contributed by atoms with Crippen LogP contribution in [0.5, 0.6) is 5.75 Å². The third-order valence-electron chi connectivity index (χ3n) is 3.41. The first-order valence-corrected chi connectivity index (χ1v) is 8.29. The Labute approximate surface area is 126 Å². The van der Waals surface area contributed by atoms with E-state index in [-0.39, 0.29) is 0 Å². The van der Waals surface area contributed by atoms with E-state index in [2.05, 4.69) is 55.5 Å². The van der Waals surface area contributed by atoms with E-state index in [1.165, 1.54) is 21.5 Å². The number of hydrogen-bond acceptors (Lipinski definition) is 1. The fourth-order valence-electron chi connectivity index (χ4n) is 2.32. The van der Waals surface area contributed by atoms with E-state index < -0.39 is 7.92 Å². The zero-order valence-corrected chi connectivity index (χ0v) is 12.8. The summed E-state index contributed by atoms with van der Waals surface area (Å²) in [5.41, 5.74) is 1.27. The summed E-state index contributed by atoms with van der Waals surface area (Å²) in [5, 5.41) is 13.4. The van der Waals surface area contributed by atoms with Crippen molar-refractivity contribution < 1.29 is 5.11 Å². The van der Waals surface area contributed by atoms with Crippen LogP contribution in [0.25, 0.3) is 0 Å². The molecule has 3 aromatic rings. The van der Waals surface area contributed by atoms with Crippen LogP contribution in [0.15, 0.2) is 78.9 Å². The molecule has 0 aliphatic carbocycles. The van der Waals surface area contributed by atoms with Crippen molar-refractivity contribution in [1.82, 2.24) is 0 Å². The van der Waals surface area contributed by atoms with Gasteiger partial charge in [0.1, 0.15) is 5.75 Å². The lowest BCUT2D eigenvalue weighted by Crippen LogP contribution is -2.20. The maximum Gasteiger partial charge on any atom is 0.115 e. The Hall–Kier alpha value is -2.11. The Kier molecular flexibility index (Phi) is 4.03. The fraction of sp³-hybridized carbons (Fsp3) is 0.0526. The molecule has 0 saturated carbocycles. The van der Waals surface area contributed by atoms with E-state index >= 15 is 0 Å². The molecule has 0 fully saturated rings. The zero-order chi connectivity index (χ0) is 14.7. The number of hydrogen-bond donors (Lipinski definition) is 1. The topological polar surface area (TPSA) is 20.2 Å². The fourth-order valence-corrected chi connectivity index (χ4v) is 4.58. The van der Waals surface area contributed by atoms with Gasteiger partial charge in [0.25, 0.3) is 0 Å². The summed E-state index contributed by atoms with van der Waals surface area (Å²) in [7, 11) is -0.582. The molecule has 21 heavy (non-hydrogen) atoms. The monoisotopic (exact) mass is 292 g/mol. The molecule has 1 atom stereocenters. The SMILES string of the molecule is Cc1ccc(P(c2ccccc2)c2ccc(O)cc2)cc1. The molecule has 0 aliphatic heterocycles. The van der Waals surface area contributed by atoms with Crippen molar-refractivity contribution in [2.45, 2.75) is 6.92 Å². The number of rotatable bonds is 3. The van der Waals surface area contributed by atoms with E-state index in [0.717, 1.165) is 0 Å². The lowest BCUT2D eigenvalue weighted by molar-refractivity contribution is 0.475. The van der Waals surface area contributed by atoms with E-state index in [0.29, 0.717) is 5.75 Å². The van der Waals surface area contributed by atoms with Gasteiger partial charge in [-0.25, -0.2) is 0 Å². The van der Waals surface area contributed by atoms with Gasteiger partial charge in [-0.1, -0.05) is 72.3 Å². The van der Waals surface area contributed by atoms with Gasteiger partial charge in [-0.2, -0.15) is 0 Å². The minimum absolute atomic E-state index is 0.311. The summed E-state index contributed by atoms with van der Waals surface area (Å²) < 4.78 is 0. The summed E-state index contributed by atoms with van der Waals surface area (Å²) in [5.74, 6) is 0.311. The van der Waals surface area contributed by atoms with Gasteiger partial charge in [0.2, 0.25) is 0 Å². The minimum atomic E-state index is -0.582. The third kappa shape index (κ3) is 3.15. The average Bonchev–Trinajstić information content (AvgIpc) is 2.52. The van der Waals surface area contributed by atoms with Crippen LogP contribution in [-0.2, 0) is 0 Å². The second-order valence-corrected chi connectivity index (χ2v) is 7.24. The first kappa shape index (κ1) is 13.9. The molecule has 0 saturated heterocycles. The van der Waals surface area contributed by atoms with Crippen molar-refractivity contribution in [3.05, 3.63) is 84.4 Å². The maximum atomic E-state index is 9.52. The van der Waals surface area contributed by atoms with Gasteiger partial charge in [0, 0.05) is 0 Å². The second kappa shape index (κ2) is 6.11. The molecule has 0 radical (unpaired) electrons. The van der Waals surface area contributed by atoms with E-state index in [1.54, 1.807) is 12.1 Å². The molecule has 1 unspecified atom stereocenters. The standard InChI is InChI=1S/C19H17OP/c1-15-7-11-18(12-8-15)21(17-5-3-2-4-6-17)19-13-9-16(20)10-14-19/h2-14,20H,1H3. The van der Waals surface area contributed by atoms with Crippen molar-refractivity contribution >= 4 is 23.8 Å². The van der Waals surface area contributed by atoms with Gasteiger partial charge in [0.15, 0.2) is 0 Å². The predicted octanol–water partition coefficient (Wildman–Crippen LogP) is 3.46. The van der Waals surface area contributed by atoms with Crippen LogP contribution in [0.2, 0.25) is 0 Å². The summed E-state index contributed by atoms with van der Waals surface area (Å²) in [6, 6.07) is 26.9. The van der Waals surface area contributed by atoms with E-state index in [4.69, 9.17) is 0 Å². The average molecular weight is 292 g/mol. The Morgan fingerprint density at radius 1 is 0.619 bits per heavy atom. The summed E-state index contributed by atoms with van der Waals surface area (Å²) in [6.45, 7) is 2.11. The van der Waals surface area contributed by atoms with Crippen LogP contribution in [0.1, 0.15) is 5.56 Å². The first-order valence-electron chi connectivity index (χ1n) is 6.95. The van der Waals surface area contributed by atoms with Crippen LogP contribution >= 0.6 is 7.92 Å². The van der Waals surface area contributed by atoms with Gasteiger partial charge >= 0.3 is 0 Å². The molecule has 104 valence electrons. The largest absolute Gasteiger partial charge is 0.508 e. The molecule has 3 aromatic carbocycles. The highest BCUT2D eigenvalue weighted by Gasteiger charge is 2.15. The Morgan fingerprint density at radius 3 is 1.67 bits per heavy atom. The molecule has 0 spiro atoms. The lowest BCUT2D eigenvalue weighted by Gasteiger charge is -2.19. The highest BCUT2D eigenvalue weighted by atomic mass is 31.1. The molecular formula is C19H17OP.